The lowest BCUT2D eigenvalue weighted by molar-refractivity contribution is -0.122. The summed E-state index contributed by atoms with van der Waals surface area (Å²) in [5, 5.41) is 2.55. The van der Waals surface area contributed by atoms with Crippen molar-refractivity contribution in [3.05, 3.63) is 77.9 Å². The van der Waals surface area contributed by atoms with Gasteiger partial charge in [-0.25, -0.2) is 0 Å². The average Bonchev–Trinajstić information content (AvgIpc) is 2.87. The van der Waals surface area contributed by atoms with Gasteiger partial charge >= 0.3 is 0 Å². The summed E-state index contributed by atoms with van der Waals surface area (Å²) in [6.07, 6.45) is 1.43. The van der Waals surface area contributed by atoms with E-state index in [0.717, 1.165) is 0 Å². The van der Waals surface area contributed by atoms with Crippen LogP contribution in [0.5, 0.6) is 28.7 Å². The zero-order valence-electron chi connectivity index (χ0n) is 19.2. The summed E-state index contributed by atoms with van der Waals surface area (Å²) in [6.45, 7) is 0. The van der Waals surface area contributed by atoms with E-state index < -0.39 is 11.8 Å². The first-order valence-corrected chi connectivity index (χ1v) is 10.9. The molecule has 1 aliphatic rings. The molecule has 0 unspecified atom stereocenters. The van der Waals surface area contributed by atoms with E-state index in [1.807, 2.05) is 30.3 Å². The van der Waals surface area contributed by atoms with Gasteiger partial charge in [0.15, 0.2) is 16.6 Å². The molecule has 1 N–H and O–H groups in total. The second-order valence-electron chi connectivity index (χ2n) is 7.32. The second-order valence-corrected chi connectivity index (χ2v) is 7.70. The lowest BCUT2D eigenvalue weighted by Gasteiger charge is -2.29. The quantitative estimate of drug-likeness (QED) is 0.300. The van der Waals surface area contributed by atoms with Gasteiger partial charge in [0.25, 0.3) is 11.8 Å². The Balaban J connectivity index is 1.66. The molecule has 1 saturated heterocycles. The van der Waals surface area contributed by atoms with Crippen molar-refractivity contribution in [2.45, 2.75) is 0 Å². The smallest absolute Gasteiger partial charge is 0.270 e. The molecule has 0 radical (unpaired) electrons. The van der Waals surface area contributed by atoms with Crippen LogP contribution in [-0.2, 0) is 9.59 Å². The van der Waals surface area contributed by atoms with Gasteiger partial charge in [-0.15, -0.1) is 0 Å². The van der Waals surface area contributed by atoms with Crippen molar-refractivity contribution in [3.8, 4) is 28.7 Å². The SMILES string of the molecule is COc1cc(OC)c(OC)cc1C=C1C(=O)NC(=S)N(c2ccc(Oc3ccccc3)cc2)C1=O. The molecule has 0 atom stereocenters. The van der Waals surface area contributed by atoms with E-state index in [2.05, 4.69) is 5.32 Å². The average molecular weight is 491 g/mol. The number of benzene rings is 3. The first kappa shape index (κ1) is 23.8. The van der Waals surface area contributed by atoms with E-state index in [1.165, 1.54) is 32.3 Å². The number of ether oxygens (including phenoxy) is 4. The fourth-order valence-electron chi connectivity index (χ4n) is 3.50. The monoisotopic (exact) mass is 490 g/mol. The molecule has 0 aromatic heterocycles. The number of rotatable bonds is 7. The highest BCUT2D eigenvalue weighted by Crippen LogP contribution is 2.36. The van der Waals surface area contributed by atoms with Gasteiger partial charge in [0, 0.05) is 11.6 Å². The van der Waals surface area contributed by atoms with Gasteiger partial charge in [-0.2, -0.15) is 0 Å². The van der Waals surface area contributed by atoms with Crippen molar-refractivity contribution in [3.63, 3.8) is 0 Å². The minimum atomic E-state index is -0.614. The Morgan fingerprint density at radius 1 is 0.800 bits per heavy atom. The molecule has 0 bridgehead atoms. The molecule has 3 aromatic carbocycles. The first-order chi connectivity index (χ1) is 16.9. The molecule has 0 spiro atoms. The number of hydrogen-bond acceptors (Lipinski definition) is 7. The summed E-state index contributed by atoms with van der Waals surface area (Å²) in [4.78, 5) is 27.3. The Morgan fingerprint density at radius 3 is 2.03 bits per heavy atom. The third-order valence-corrected chi connectivity index (χ3v) is 5.50. The summed E-state index contributed by atoms with van der Waals surface area (Å²) in [7, 11) is 4.47. The summed E-state index contributed by atoms with van der Waals surface area (Å²) in [5.74, 6) is 1.36. The maximum absolute atomic E-state index is 13.4. The van der Waals surface area contributed by atoms with Gasteiger partial charge < -0.3 is 18.9 Å². The van der Waals surface area contributed by atoms with E-state index in [9.17, 15) is 9.59 Å². The molecule has 1 heterocycles. The molecular formula is C26H22N2O6S. The van der Waals surface area contributed by atoms with Crippen LogP contribution in [0.15, 0.2) is 72.3 Å². The second kappa shape index (κ2) is 10.3. The Labute approximate surface area is 207 Å². The molecule has 0 aliphatic carbocycles. The van der Waals surface area contributed by atoms with Crippen molar-refractivity contribution in [2.75, 3.05) is 26.2 Å². The first-order valence-electron chi connectivity index (χ1n) is 10.5. The number of para-hydroxylation sites is 1. The van der Waals surface area contributed by atoms with Gasteiger partial charge in [-0.05, 0) is 60.8 Å². The zero-order chi connectivity index (χ0) is 24.9. The van der Waals surface area contributed by atoms with E-state index in [0.29, 0.717) is 40.0 Å². The number of carbonyl (C=O) groups is 2. The van der Waals surface area contributed by atoms with E-state index in [1.54, 1.807) is 36.4 Å². The number of nitrogens with zero attached hydrogens (tertiary/aromatic N) is 1. The molecule has 0 saturated carbocycles. The predicted octanol–water partition coefficient (Wildman–Crippen LogP) is 4.34. The number of methoxy groups -OCH3 is 3. The highest BCUT2D eigenvalue weighted by Gasteiger charge is 2.34. The van der Waals surface area contributed by atoms with Gasteiger partial charge in [0.2, 0.25) is 0 Å². The molecule has 9 heteroatoms. The zero-order valence-corrected chi connectivity index (χ0v) is 20.0. The molecule has 178 valence electrons. The Bertz CT molecular complexity index is 1310. The van der Waals surface area contributed by atoms with Crippen LogP contribution in [0.4, 0.5) is 5.69 Å². The lowest BCUT2D eigenvalue weighted by Crippen LogP contribution is -2.54. The predicted molar refractivity (Wildman–Crippen MR) is 135 cm³/mol. The van der Waals surface area contributed by atoms with Crippen LogP contribution in [0.1, 0.15) is 5.56 Å². The van der Waals surface area contributed by atoms with Crippen molar-refractivity contribution in [1.82, 2.24) is 5.32 Å². The Kier molecular flexibility index (Phi) is 6.98. The van der Waals surface area contributed by atoms with Gasteiger partial charge in [0.05, 0.1) is 27.0 Å². The Morgan fingerprint density at radius 2 is 1.40 bits per heavy atom. The maximum Gasteiger partial charge on any atom is 0.270 e. The largest absolute Gasteiger partial charge is 0.496 e. The number of nitrogens with one attached hydrogen (secondary N) is 1. The molecule has 1 fully saturated rings. The van der Waals surface area contributed by atoms with Gasteiger partial charge in [0.1, 0.15) is 22.8 Å². The third kappa shape index (κ3) is 4.95. The fraction of sp³-hybridized carbons (Fsp3) is 0.115. The van der Waals surface area contributed by atoms with Crippen molar-refractivity contribution < 1.29 is 28.5 Å². The molecule has 3 aromatic rings. The molecular weight excluding hydrogens is 468 g/mol. The number of hydrogen-bond donors (Lipinski definition) is 1. The van der Waals surface area contributed by atoms with Gasteiger partial charge in [-0.3, -0.25) is 19.8 Å². The lowest BCUT2D eigenvalue weighted by atomic mass is 10.1. The minimum Gasteiger partial charge on any atom is -0.496 e. The highest BCUT2D eigenvalue weighted by atomic mass is 32.1. The summed E-state index contributed by atoms with van der Waals surface area (Å²) < 4.78 is 21.9. The molecule has 8 nitrogen and oxygen atoms in total. The van der Waals surface area contributed by atoms with E-state index in [4.69, 9.17) is 31.2 Å². The molecule has 35 heavy (non-hydrogen) atoms. The van der Waals surface area contributed by atoms with Crippen LogP contribution < -0.4 is 29.2 Å². The highest BCUT2D eigenvalue weighted by molar-refractivity contribution is 7.80. The van der Waals surface area contributed by atoms with Crippen LogP contribution in [-0.4, -0.2) is 38.3 Å². The van der Waals surface area contributed by atoms with Crippen molar-refractivity contribution in [2.24, 2.45) is 0 Å². The van der Waals surface area contributed by atoms with Crippen LogP contribution >= 0.6 is 12.2 Å². The number of carbonyl (C=O) groups excluding carboxylic acids is 2. The summed E-state index contributed by atoms with van der Waals surface area (Å²) in [6, 6.07) is 19.4. The molecule has 4 rings (SSSR count). The maximum atomic E-state index is 13.4. The molecule has 1 aliphatic heterocycles. The third-order valence-electron chi connectivity index (χ3n) is 5.21. The fourth-order valence-corrected chi connectivity index (χ4v) is 3.78. The van der Waals surface area contributed by atoms with Crippen molar-refractivity contribution in [1.29, 1.82) is 0 Å². The number of thiocarbonyl (C=S) groups is 1. The van der Waals surface area contributed by atoms with Crippen LogP contribution in [0.3, 0.4) is 0 Å². The normalized spacial score (nSPS) is 14.5. The van der Waals surface area contributed by atoms with Crippen LogP contribution in [0.25, 0.3) is 6.08 Å². The number of anilines is 1. The topological polar surface area (TPSA) is 86.3 Å². The van der Waals surface area contributed by atoms with Crippen LogP contribution in [0, 0.1) is 0 Å². The summed E-state index contributed by atoms with van der Waals surface area (Å²) in [5.41, 5.74) is 0.822. The molecule has 2 amide bonds. The summed E-state index contributed by atoms with van der Waals surface area (Å²) >= 11 is 5.29. The number of amides is 2. The van der Waals surface area contributed by atoms with E-state index in [-0.39, 0.29) is 10.7 Å². The van der Waals surface area contributed by atoms with E-state index >= 15 is 0 Å². The Hall–Kier alpha value is -4.37. The standard InChI is InChI=1S/C26H22N2O6S/c1-31-21-15-23(33-3)22(32-2)14-16(21)13-20-24(29)27-26(35)28(25(20)30)17-9-11-19(12-10-17)34-18-7-5-4-6-8-18/h4-15H,1-3H3,(H,27,29,35). The van der Waals surface area contributed by atoms with Gasteiger partial charge in [-0.1, -0.05) is 18.2 Å². The van der Waals surface area contributed by atoms with Crippen molar-refractivity contribution >= 4 is 40.9 Å². The minimum absolute atomic E-state index is 0.0202. The van der Waals surface area contributed by atoms with Crippen LogP contribution in [0.2, 0.25) is 0 Å².